The summed E-state index contributed by atoms with van der Waals surface area (Å²) >= 11 is 0. The Kier molecular flexibility index (Phi) is 5.51. The van der Waals surface area contributed by atoms with Gasteiger partial charge in [0.15, 0.2) is 0 Å². The molecule has 0 radical (unpaired) electrons. The maximum Gasteiger partial charge on any atom is 0.0745 e. The highest BCUT2D eigenvalue weighted by atomic mass is 16.5. The molecule has 0 aromatic carbocycles. The summed E-state index contributed by atoms with van der Waals surface area (Å²) in [5.41, 5.74) is -0.0764. The van der Waals surface area contributed by atoms with Gasteiger partial charge in [0, 0.05) is 0 Å². The number of ether oxygens (including phenoxy) is 1. The quantitative estimate of drug-likeness (QED) is 0.669. The van der Waals surface area contributed by atoms with Crippen LogP contribution in [-0.2, 0) is 4.74 Å². The first-order chi connectivity index (χ1) is 5.48. The van der Waals surface area contributed by atoms with Gasteiger partial charge in [-0.3, -0.25) is 0 Å². The van der Waals surface area contributed by atoms with Crippen LogP contribution in [0.25, 0.3) is 0 Å². The molecule has 0 aromatic heterocycles. The van der Waals surface area contributed by atoms with Crippen molar-refractivity contribution in [2.24, 2.45) is 0 Å². The first-order valence-corrected chi connectivity index (χ1v) is 4.80. The number of hydrogen-bond donors (Lipinski definition) is 1. The zero-order valence-electron chi connectivity index (χ0n) is 8.76. The van der Waals surface area contributed by atoms with Crippen LogP contribution in [0.15, 0.2) is 0 Å². The topological polar surface area (TPSA) is 29.5 Å². The van der Waals surface area contributed by atoms with Gasteiger partial charge in [-0.15, -0.1) is 0 Å². The van der Waals surface area contributed by atoms with E-state index in [1.165, 1.54) is 12.8 Å². The predicted molar refractivity (Wildman–Crippen MR) is 51.2 cm³/mol. The first-order valence-electron chi connectivity index (χ1n) is 4.80. The molecular formula is C10H22O2. The normalized spacial score (nSPS) is 14.8. The smallest absolute Gasteiger partial charge is 0.0745 e. The molecule has 12 heavy (non-hydrogen) atoms. The highest BCUT2D eigenvalue weighted by molar-refractivity contribution is 4.68. The highest BCUT2D eigenvalue weighted by Gasteiger charge is 2.17. The summed E-state index contributed by atoms with van der Waals surface area (Å²) in [6.45, 7) is 8.51. The monoisotopic (exact) mass is 174 g/mol. The fourth-order valence-corrected chi connectivity index (χ4v) is 1.02. The van der Waals surface area contributed by atoms with E-state index in [0.29, 0.717) is 6.61 Å². The largest absolute Gasteiger partial charge is 0.391 e. The van der Waals surface area contributed by atoms with Gasteiger partial charge in [0.1, 0.15) is 0 Å². The van der Waals surface area contributed by atoms with E-state index in [1.54, 1.807) is 6.92 Å². The summed E-state index contributed by atoms with van der Waals surface area (Å²) in [4.78, 5) is 0. The van der Waals surface area contributed by atoms with Crippen molar-refractivity contribution < 1.29 is 9.84 Å². The molecule has 0 aliphatic carbocycles. The van der Waals surface area contributed by atoms with Crippen LogP contribution in [-0.4, -0.2) is 23.4 Å². The van der Waals surface area contributed by atoms with Crippen LogP contribution >= 0.6 is 0 Å². The molecule has 0 saturated carbocycles. The van der Waals surface area contributed by atoms with Crippen molar-refractivity contribution in [2.45, 2.75) is 58.7 Å². The average Bonchev–Trinajstić information content (AvgIpc) is 1.98. The second-order valence-electron chi connectivity index (χ2n) is 4.02. The number of rotatable bonds is 6. The molecule has 0 aliphatic heterocycles. The molecule has 0 aromatic rings. The van der Waals surface area contributed by atoms with Crippen LogP contribution in [0.1, 0.15) is 47.0 Å². The number of aliphatic hydroxyl groups is 1. The van der Waals surface area contributed by atoms with E-state index >= 15 is 0 Å². The van der Waals surface area contributed by atoms with Crippen molar-refractivity contribution in [3.8, 4) is 0 Å². The van der Waals surface area contributed by atoms with Crippen LogP contribution in [0, 0.1) is 0 Å². The second-order valence-corrected chi connectivity index (χ2v) is 4.02. The van der Waals surface area contributed by atoms with E-state index in [4.69, 9.17) is 9.84 Å². The molecule has 2 nitrogen and oxygen atoms in total. The summed E-state index contributed by atoms with van der Waals surface area (Å²) in [5, 5.41) is 9.02. The van der Waals surface area contributed by atoms with Crippen molar-refractivity contribution >= 4 is 0 Å². The molecule has 1 N–H and O–H groups in total. The average molecular weight is 174 g/mol. The van der Waals surface area contributed by atoms with Crippen LogP contribution in [0.3, 0.4) is 0 Å². The van der Waals surface area contributed by atoms with Gasteiger partial charge in [-0.05, 0) is 27.2 Å². The Hall–Kier alpha value is -0.0800. The Morgan fingerprint density at radius 2 is 2.00 bits per heavy atom. The van der Waals surface area contributed by atoms with Crippen molar-refractivity contribution in [3.05, 3.63) is 0 Å². The molecule has 0 bridgehead atoms. The van der Waals surface area contributed by atoms with E-state index in [1.807, 2.05) is 0 Å². The fraction of sp³-hybridized carbons (Fsp3) is 1.00. The van der Waals surface area contributed by atoms with Crippen molar-refractivity contribution in [3.63, 3.8) is 0 Å². The molecule has 74 valence electrons. The standard InChI is InChI=1S/C10H22O2/c1-5-6-7-10(3,4)12-8-9(2)11/h9,11H,5-8H2,1-4H3. The molecule has 2 heteroatoms. The Morgan fingerprint density at radius 3 is 2.42 bits per heavy atom. The van der Waals surface area contributed by atoms with Crippen molar-refractivity contribution in [2.75, 3.05) is 6.61 Å². The number of hydrogen-bond acceptors (Lipinski definition) is 2. The van der Waals surface area contributed by atoms with Gasteiger partial charge in [0.05, 0.1) is 18.3 Å². The lowest BCUT2D eigenvalue weighted by Crippen LogP contribution is -2.28. The molecule has 0 saturated heterocycles. The zero-order chi connectivity index (χ0) is 9.61. The van der Waals surface area contributed by atoms with E-state index in [9.17, 15) is 0 Å². The molecule has 0 heterocycles. The molecule has 0 fully saturated rings. The number of aliphatic hydroxyl groups excluding tert-OH is 1. The van der Waals surface area contributed by atoms with Gasteiger partial charge in [-0.2, -0.15) is 0 Å². The first kappa shape index (κ1) is 11.9. The predicted octanol–water partition coefficient (Wildman–Crippen LogP) is 2.35. The van der Waals surface area contributed by atoms with E-state index < -0.39 is 0 Å². The van der Waals surface area contributed by atoms with Gasteiger partial charge in [0.2, 0.25) is 0 Å². The Morgan fingerprint density at radius 1 is 1.42 bits per heavy atom. The van der Waals surface area contributed by atoms with E-state index in [-0.39, 0.29) is 11.7 Å². The van der Waals surface area contributed by atoms with Crippen molar-refractivity contribution in [1.82, 2.24) is 0 Å². The van der Waals surface area contributed by atoms with Gasteiger partial charge >= 0.3 is 0 Å². The van der Waals surface area contributed by atoms with E-state index in [0.717, 1.165) is 6.42 Å². The zero-order valence-corrected chi connectivity index (χ0v) is 8.76. The van der Waals surface area contributed by atoms with Gasteiger partial charge < -0.3 is 9.84 Å². The van der Waals surface area contributed by atoms with Crippen LogP contribution in [0.4, 0.5) is 0 Å². The van der Waals surface area contributed by atoms with Crippen LogP contribution < -0.4 is 0 Å². The third kappa shape index (κ3) is 6.62. The summed E-state index contributed by atoms with van der Waals surface area (Å²) < 4.78 is 5.54. The minimum Gasteiger partial charge on any atom is -0.391 e. The fourth-order valence-electron chi connectivity index (χ4n) is 1.02. The maximum absolute atomic E-state index is 9.02. The lowest BCUT2D eigenvalue weighted by Gasteiger charge is -2.25. The summed E-state index contributed by atoms with van der Waals surface area (Å²) in [6, 6.07) is 0. The maximum atomic E-state index is 9.02. The van der Waals surface area contributed by atoms with Gasteiger partial charge in [0.25, 0.3) is 0 Å². The molecule has 1 unspecified atom stereocenters. The summed E-state index contributed by atoms with van der Waals surface area (Å²) in [5.74, 6) is 0. The van der Waals surface area contributed by atoms with Gasteiger partial charge in [-0.25, -0.2) is 0 Å². The second kappa shape index (κ2) is 5.55. The third-order valence-electron chi connectivity index (χ3n) is 1.85. The molecule has 0 amide bonds. The summed E-state index contributed by atoms with van der Waals surface area (Å²) in [7, 11) is 0. The highest BCUT2D eigenvalue weighted by Crippen LogP contribution is 2.17. The lowest BCUT2D eigenvalue weighted by atomic mass is 10.0. The van der Waals surface area contributed by atoms with Crippen LogP contribution in [0.5, 0.6) is 0 Å². The molecule has 0 rings (SSSR count). The Labute approximate surface area is 75.9 Å². The molecular weight excluding hydrogens is 152 g/mol. The van der Waals surface area contributed by atoms with E-state index in [2.05, 4.69) is 20.8 Å². The lowest BCUT2D eigenvalue weighted by molar-refractivity contribution is -0.0598. The van der Waals surface area contributed by atoms with Crippen LogP contribution in [0.2, 0.25) is 0 Å². The minimum atomic E-state index is -0.356. The molecule has 0 aliphatic rings. The van der Waals surface area contributed by atoms with Gasteiger partial charge in [-0.1, -0.05) is 19.8 Å². The summed E-state index contributed by atoms with van der Waals surface area (Å²) in [6.07, 6.45) is 3.09. The third-order valence-corrected chi connectivity index (χ3v) is 1.85. The Bertz CT molecular complexity index is 108. The number of unbranched alkanes of at least 4 members (excludes halogenated alkanes) is 1. The molecule has 1 atom stereocenters. The van der Waals surface area contributed by atoms with Crippen molar-refractivity contribution in [1.29, 1.82) is 0 Å². The SMILES string of the molecule is CCCCC(C)(C)OCC(C)O. The Balaban J connectivity index is 3.56. The molecule has 0 spiro atoms. The minimum absolute atomic E-state index is 0.0764.